The molecule has 124 valence electrons. The summed E-state index contributed by atoms with van der Waals surface area (Å²) in [5, 5.41) is 0. The van der Waals surface area contributed by atoms with Crippen molar-refractivity contribution in [1.82, 2.24) is 4.31 Å². The number of nitrogens with zero attached hydrogens (tertiary/aromatic N) is 1. The summed E-state index contributed by atoms with van der Waals surface area (Å²) in [5.74, 6) is 0.626. The molecule has 0 spiro atoms. The van der Waals surface area contributed by atoms with Crippen LogP contribution in [-0.2, 0) is 14.8 Å². The molecule has 0 aliphatic carbocycles. The Morgan fingerprint density at radius 3 is 2.32 bits per heavy atom. The van der Waals surface area contributed by atoms with E-state index in [1.807, 2.05) is 40.7 Å². The van der Waals surface area contributed by atoms with Crippen LogP contribution in [0.2, 0.25) is 0 Å². The van der Waals surface area contributed by atoms with Crippen LogP contribution in [-0.4, -0.2) is 44.6 Å². The third-order valence-electron chi connectivity index (χ3n) is 3.78. The van der Waals surface area contributed by atoms with Crippen molar-refractivity contribution in [2.45, 2.75) is 51.7 Å². The summed E-state index contributed by atoms with van der Waals surface area (Å²) in [6, 6.07) is 3.51. The molecular formula is C16H25NO4S. The molecule has 0 radical (unpaired) electrons. The number of sulfonamides is 1. The Labute approximate surface area is 133 Å². The van der Waals surface area contributed by atoms with Gasteiger partial charge in [-0.2, -0.15) is 4.31 Å². The molecule has 5 nitrogen and oxygen atoms in total. The topological polar surface area (TPSA) is 55.8 Å². The standard InChI is InChI=1S/C16H25NO4S/c1-6-20-15-8-16(12(3)7-11(15)2)22(18,19)17-9-13(4)21-14(5)10-17/h7-8,13-14H,6,9-10H2,1-5H3. The average Bonchev–Trinajstić information content (AvgIpc) is 2.40. The molecule has 1 aliphatic heterocycles. The molecule has 0 saturated carbocycles. The molecule has 6 heteroatoms. The minimum Gasteiger partial charge on any atom is -0.494 e. The molecule has 0 N–H and O–H groups in total. The van der Waals surface area contributed by atoms with Crippen molar-refractivity contribution in [2.24, 2.45) is 0 Å². The van der Waals surface area contributed by atoms with E-state index >= 15 is 0 Å². The predicted octanol–water partition coefficient (Wildman–Crippen LogP) is 2.50. The lowest BCUT2D eigenvalue weighted by molar-refractivity contribution is -0.0440. The van der Waals surface area contributed by atoms with Crippen molar-refractivity contribution >= 4 is 10.0 Å². The second-order valence-electron chi connectivity index (χ2n) is 5.90. The summed E-state index contributed by atoms with van der Waals surface area (Å²) >= 11 is 0. The molecule has 0 bridgehead atoms. The van der Waals surface area contributed by atoms with Crippen LogP contribution in [0.5, 0.6) is 5.75 Å². The van der Waals surface area contributed by atoms with Gasteiger partial charge in [0, 0.05) is 19.2 Å². The molecule has 2 unspecified atom stereocenters. The Balaban J connectivity index is 2.42. The third-order valence-corrected chi connectivity index (χ3v) is 5.75. The monoisotopic (exact) mass is 327 g/mol. The van der Waals surface area contributed by atoms with Crippen LogP contribution in [0, 0.1) is 13.8 Å². The summed E-state index contributed by atoms with van der Waals surface area (Å²) in [5.41, 5.74) is 1.69. The van der Waals surface area contributed by atoms with E-state index in [-0.39, 0.29) is 12.2 Å². The quantitative estimate of drug-likeness (QED) is 0.852. The molecule has 1 aromatic rings. The highest BCUT2D eigenvalue weighted by Gasteiger charge is 2.33. The van der Waals surface area contributed by atoms with E-state index in [9.17, 15) is 8.42 Å². The average molecular weight is 327 g/mol. The number of aryl methyl sites for hydroxylation is 2. The van der Waals surface area contributed by atoms with Gasteiger partial charge in [0.25, 0.3) is 0 Å². The van der Waals surface area contributed by atoms with Gasteiger partial charge in [-0.25, -0.2) is 8.42 Å². The van der Waals surface area contributed by atoms with E-state index < -0.39 is 10.0 Å². The van der Waals surface area contributed by atoms with Gasteiger partial charge in [-0.05, 0) is 45.7 Å². The Morgan fingerprint density at radius 1 is 1.18 bits per heavy atom. The lowest BCUT2D eigenvalue weighted by atomic mass is 10.1. The van der Waals surface area contributed by atoms with Gasteiger partial charge in [0.1, 0.15) is 5.75 Å². The van der Waals surface area contributed by atoms with Crippen molar-refractivity contribution < 1.29 is 17.9 Å². The van der Waals surface area contributed by atoms with E-state index in [4.69, 9.17) is 9.47 Å². The zero-order valence-electron chi connectivity index (χ0n) is 13.9. The fourth-order valence-electron chi connectivity index (χ4n) is 2.87. The van der Waals surface area contributed by atoms with Crippen LogP contribution < -0.4 is 4.74 Å². The number of hydrogen-bond acceptors (Lipinski definition) is 4. The molecule has 2 atom stereocenters. The summed E-state index contributed by atoms with van der Waals surface area (Å²) in [7, 11) is -3.54. The maximum absolute atomic E-state index is 13.0. The van der Waals surface area contributed by atoms with Crippen molar-refractivity contribution in [3.05, 3.63) is 23.3 Å². The Morgan fingerprint density at radius 2 is 1.77 bits per heavy atom. The summed E-state index contributed by atoms with van der Waals surface area (Å²) in [6.45, 7) is 10.7. The van der Waals surface area contributed by atoms with Crippen molar-refractivity contribution in [1.29, 1.82) is 0 Å². The van der Waals surface area contributed by atoms with Crippen molar-refractivity contribution in [3.63, 3.8) is 0 Å². The van der Waals surface area contributed by atoms with Crippen LogP contribution in [0.3, 0.4) is 0 Å². The van der Waals surface area contributed by atoms with Gasteiger partial charge in [0.15, 0.2) is 0 Å². The van der Waals surface area contributed by atoms with E-state index in [1.54, 1.807) is 6.07 Å². The fourth-order valence-corrected chi connectivity index (χ4v) is 4.68. The molecule has 1 saturated heterocycles. The van der Waals surface area contributed by atoms with Gasteiger partial charge in [-0.3, -0.25) is 0 Å². The van der Waals surface area contributed by atoms with Gasteiger partial charge in [0.05, 0.1) is 23.7 Å². The Hall–Kier alpha value is -1.11. The molecule has 1 aliphatic rings. The molecule has 1 aromatic carbocycles. The number of morpholine rings is 1. The molecule has 1 fully saturated rings. The normalized spacial score (nSPS) is 23.5. The molecule has 2 rings (SSSR count). The maximum atomic E-state index is 13.0. The highest BCUT2D eigenvalue weighted by molar-refractivity contribution is 7.89. The number of ether oxygens (including phenoxy) is 2. The highest BCUT2D eigenvalue weighted by atomic mass is 32.2. The lowest BCUT2D eigenvalue weighted by Gasteiger charge is -2.34. The van der Waals surface area contributed by atoms with Crippen LogP contribution in [0.1, 0.15) is 31.9 Å². The van der Waals surface area contributed by atoms with Gasteiger partial charge in [-0.15, -0.1) is 0 Å². The third kappa shape index (κ3) is 3.45. The van der Waals surface area contributed by atoms with Gasteiger partial charge < -0.3 is 9.47 Å². The molecule has 0 aromatic heterocycles. The largest absolute Gasteiger partial charge is 0.494 e. The number of hydrogen-bond donors (Lipinski definition) is 0. The maximum Gasteiger partial charge on any atom is 0.243 e. The van der Waals surface area contributed by atoms with E-state index in [0.717, 1.165) is 11.1 Å². The second kappa shape index (κ2) is 6.56. The van der Waals surface area contributed by atoms with Gasteiger partial charge >= 0.3 is 0 Å². The summed E-state index contributed by atoms with van der Waals surface area (Å²) < 4.78 is 38.7. The Kier molecular flexibility index (Phi) is 5.14. The first-order chi connectivity index (χ1) is 10.3. The summed E-state index contributed by atoms with van der Waals surface area (Å²) in [4.78, 5) is 0.322. The smallest absolute Gasteiger partial charge is 0.243 e. The van der Waals surface area contributed by atoms with Crippen LogP contribution in [0.4, 0.5) is 0 Å². The van der Waals surface area contributed by atoms with Gasteiger partial charge in [0.2, 0.25) is 10.0 Å². The van der Waals surface area contributed by atoms with E-state index in [2.05, 4.69) is 0 Å². The number of benzene rings is 1. The molecule has 22 heavy (non-hydrogen) atoms. The minimum absolute atomic E-state index is 0.101. The number of rotatable bonds is 4. The first-order valence-corrected chi connectivity index (χ1v) is 9.09. The summed E-state index contributed by atoms with van der Waals surface area (Å²) in [6.07, 6.45) is -0.203. The van der Waals surface area contributed by atoms with E-state index in [1.165, 1.54) is 4.31 Å². The zero-order chi connectivity index (χ0) is 16.5. The predicted molar refractivity (Wildman–Crippen MR) is 85.9 cm³/mol. The fraction of sp³-hybridized carbons (Fsp3) is 0.625. The molecule has 0 amide bonds. The zero-order valence-corrected chi connectivity index (χ0v) is 14.7. The van der Waals surface area contributed by atoms with Gasteiger partial charge in [-0.1, -0.05) is 6.07 Å². The van der Waals surface area contributed by atoms with Crippen LogP contribution in [0.15, 0.2) is 17.0 Å². The molecular weight excluding hydrogens is 302 g/mol. The first kappa shape index (κ1) is 17.2. The van der Waals surface area contributed by atoms with Crippen molar-refractivity contribution in [2.75, 3.05) is 19.7 Å². The lowest BCUT2D eigenvalue weighted by Crippen LogP contribution is -2.48. The minimum atomic E-state index is -3.54. The molecule has 1 heterocycles. The Bertz CT molecular complexity index is 632. The van der Waals surface area contributed by atoms with Crippen LogP contribution in [0.25, 0.3) is 0 Å². The van der Waals surface area contributed by atoms with Crippen molar-refractivity contribution in [3.8, 4) is 5.75 Å². The SMILES string of the molecule is CCOc1cc(S(=O)(=O)N2CC(C)OC(C)C2)c(C)cc1C. The van der Waals surface area contributed by atoms with E-state index in [0.29, 0.717) is 30.3 Å². The second-order valence-corrected chi connectivity index (χ2v) is 7.80. The first-order valence-electron chi connectivity index (χ1n) is 7.65. The van der Waals surface area contributed by atoms with Crippen LogP contribution >= 0.6 is 0 Å². The highest BCUT2D eigenvalue weighted by Crippen LogP contribution is 2.29.